The molecule has 0 aliphatic rings. The Bertz CT molecular complexity index is 222. The molecular formula is C9H21NO2S. The van der Waals surface area contributed by atoms with Crippen molar-refractivity contribution in [3.05, 3.63) is 0 Å². The molecule has 0 saturated heterocycles. The van der Waals surface area contributed by atoms with Crippen LogP contribution in [0, 0.1) is 5.92 Å². The van der Waals surface area contributed by atoms with Crippen LogP contribution in [-0.4, -0.2) is 33.0 Å². The molecular weight excluding hydrogens is 186 g/mol. The summed E-state index contributed by atoms with van der Waals surface area (Å²) in [5, 5.41) is 3.25. The molecule has 13 heavy (non-hydrogen) atoms. The van der Waals surface area contributed by atoms with E-state index in [2.05, 4.69) is 26.1 Å². The molecule has 80 valence electrons. The molecule has 0 amide bonds. The fourth-order valence-electron chi connectivity index (χ4n) is 1.28. The van der Waals surface area contributed by atoms with Crippen molar-refractivity contribution in [3.8, 4) is 0 Å². The first-order valence-electron chi connectivity index (χ1n) is 4.78. The van der Waals surface area contributed by atoms with Crippen molar-refractivity contribution >= 4 is 9.84 Å². The van der Waals surface area contributed by atoms with Crippen molar-refractivity contribution in [1.29, 1.82) is 0 Å². The van der Waals surface area contributed by atoms with E-state index in [0.717, 1.165) is 6.42 Å². The van der Waals surface area contributed by atoms with Crippen molar-refractivity contribution in [2.24, 2.45) is 5.92 Å². The molecule has 0 aromatic carbocycles. The molecule has 1 atom stereocenters. The van der Waals surface area contributed by atoms with Crippen LogP contribution >= 0.6 is 0 Å². The molecule has 1 unspecified atom stereocenters. The smallest absolute Gasteiger partial charge is 0.148 e. The fraction of sp³-hybridized carbons (Fsp3) is 1.00. The Hall–Kier alpha value is -0.0900. The van der Waals surface area contributed by atoms with Crippen molar-refractivity contribution in [3.63, 3.8) is 0 Å². The molecule has 0 spiro atoms. The minimum atomic E-state index is -2.82. The number of nitrogens with one attached hydrogen (secondary N) is 1. The minimum Gasteiger partial charge on any atom is -0.313 e. The van der Waals surface area contributed by atoms with Gasteiger partial charge in [0.05, 0.1) is 5.75 Å². The van der Waals surface area contributed by atoms with Gasteiger partial charge in [0, 0.05) is 18.8 Å². The molecule has 0 aromatic rings. The summed E-state index contributed by atoms with van der Waals surface area (Å²) in [5.41, 5.74) is 0. The van der Waals surface area contributed by atoms with E-state index < -0.39 is 9.84 Å². The van der Waals surface area contributed by atoms with E-state index in [-0.39, 0.29) is 5.75 Å². The number of rotatable bonds is 6. The van der Waals surface area contributed by atoms with Gasteiger partial charge >= 0.3 is 0 Å². The molecule has 0 rings (SSSR count). The Morgan fingerprint density at radius 2 is 1.85 bits per heavy atom. The molecule has 0 aromatic heterocycles. The Labute approximate surface area is 81.8 Å². The number of hydrogen-bond donors (Lipinski definition) is 1. The third-order valence-electron chi connectivity index (χ3n) is 2.12. The predicted molar refractivity (Wildman–Crippen MR) is 56.6 cm³/mol. The second kappa shape index (κ2) is 5.60. The van der Waals surface area contributed by atoms with E-state index in [1.165, 1.54) is 6.26 Å². The third-order valence-corrected chi connectivity index (χ3v) is 3.07. The molecule has 3 nitrogen and oxygen atoms in total. The van der Waals surface area contributed by atoms with E-state index in [9.17, 15) is 8.42 Å². The van der Waals surface area contributed by atoms with Gasteiger partial charge in [0.2, 0.25) is 0 Å². The first-order chi connectivity index (χ1) is 5.87. The summed E-state index contributed by atoms with van der Waals surface area (Å²) in [7, 11) is -2.82. The minimum absolute atomic E-state index is 0.232. The zero-order valence-corrected chi connectivity index (χ0v) is 9.82. The van der Waals surface area contributed by atoms with Gasteiger partial charge in [-0.25, -0.2) is 8.42 Å². The average molecular weight is 207 g/mol. The van der Waals surface area contributed by atoms with Crippen molar-refractivity contribution in [2.45, 2.75) is 33.2 Å². The lowest BCUT2D eigenvalue weighted by atomic mass is 10.0. The topological polar surface area (TPSA) is 46.2 Å². The average Bonchev–Trinajstić information content (AvgIpc) is 1.95. The molecule has 0 saturated carbocycles. The SMILES string of the molecule is CCC(NCCS(C)(=O)=O)C(C)C. The Morgan fingerprint density at radius 3 is 2.15 bits per heavy atom. The van der Waals surface area contributed by atoms with Gasteiger partial charge in [0.15, 0.2) is 0 Å². The van der Waals surface area contributed by atoms with Crippen LogP contribution in [0.15, 0.2) is 0 Å². The van der Waals surface area contributed by atoms with E-state index >= 15 is 0 Å². The van der Waals surface area contributed by atoms with E-state index in [1.54, 1.807) is 0 Å². The highest BCUT2D eigenvalue weighted by molar-refractivity contribution is 7.90. The summed E-state index contributed by atoms with van der Waals surface area (Å²) in [5.74, 6) is 0.792. The molecule has 0 aliphatic carbocycles. The summed E-state index contributed by atoms with van der Waals surface area (Å²) in [6.07, 6.45) is 2.31. The summed E-state index contributed by atoms with van der Waals surface area (Å²) in [4.78, 5) is 0. The van der Waals surface area contributed by atoms with Crippen LogP contribution in [0.1, 0.15) is 27.2 Å². The molecule has 0 heterocycles. The highest BCUT2D eigenvalue weighted by atomic mass is 32.2. The van der Waals surface area contributed by atoms with Gasteiger partial charge in [-0.1, -0.05) is 20.8 Å². The Kier molecular flexibility index (Phi) is 5.56. The quantitative estimate of drug-likeness (QED) is 0.708. The first kappa shape index (κ1) is 12.9. The zero-order chi connectivity index (χ0) is 10.5. The lowest BCUT2D eigenvalue weighted by molar-refractivity contribution is 0.397. The number of hydrogen-bond acceptors (Lipinski definition) is 3. The van der Waals surface area contributed by atoms with Gasteiger partial charge in [0.25, 0.3) is 0 Å². The lowest BCUT2D eigenvalue weighted by Gasteiger charge is -2.20. The highest BCUT2D eigenvalue weighted by Gasteiger charge is 2.10. The predicted octanol–water partition coefficient (Wildman–Crippen LogP) is 1.06. The van der Waals surface area contributed by atoms with Crippen LogP contribution in [0.2, 0.25) is 0 Å². The standard InChI is InChI=1S/C9H21NO2S/c1-5-9(8(2)3)10-6-7-13(4,11)12/h8-10H,5-7H2,1-4H3. The van der Waals surface area contributed by atoms with Crippen molar-refractivity contribution in [1.82, 2.24) is 5.32 Å². The van der Waals surface area contributed by atoms with Crippen LogP contribution in [0.5, 0.6) is 0 Å². The van der Waals surface area contributed by atoms with Gasteiger partial charge < -0.3 is 5.32 Å². The molecule has 0 aliphatic heterocycles. The van der Waals surface area contributed by atoms with Gasteiger partial charge in [-0.05, 0) is 12.3 Å². The third kappa shape index (κ3) is 7.02. The highest BCUT2D eigenvalue weighted by Crippen LogP contribution is 2.04. The van der Waals surface area contributed by atoms with Crippen LogP contribution in [0.25, 0.3) is 0 Å². The zero-order valence-electron chi connectivity index (χ0n) is 9.00. The maximum Gasteiger partial charge on any atom is 0.148 e. The largest absolute Gasteiger partial charge is 0.313 e. The first-order valence-corrected chi connectivity index (χ1v) is 6.84. The van der Waals surface area contributed by atoms with Crippen LogP contribution in [-0.2, 0) is 9.84 Å². The summed E-state index contributed by atoms with van der Waals surface area (Å²) in [6.45, 7) is 6.96. The van der Waals surface area contributed by atoms with E-state index in [0.29, 0.717) is 18.5 Å². The van der Waals surface area contributed by atoms with Crippen LogP contribution in [0.4, 0.5) is 0 Å². The van der Waals surface area contributed by atoms with Gasteiger partial charge in [-0.2, -0.15) is 0 Å². The van der Waals surface area contributed by atoms with Crippen LogP contribution < -0.4 is 5.32 Å². The molecule has 4 heteroatoms. The Morgan fingerprint density at radius 1 is 1.31 bits per heavy atom. The molecule has 0 bridgehead atoms. The second-order valence-electron chi connectivity index (χ2n) is 3.84. The van der Waals surface area contributed by atoms with Crippen molar-refractivity contribution in [2.75, 3.05) is 18.6 Å². The van der Waals surface area contributed by atoms with Gasteiger partial charge in [-0.3, -0.25) is 0 Å². The second-order valence-corrected chi connectivity index (χ2v) is 6.10. The lowest BCUT2D eigenvalue weighted by Crippen LogP contribution is -2.36. The summed E-state index contributed by atoms with van der Waals surface area (Å²) in [6, 6.07) is 0.432. The Balaban J connectivity index is 3.74. The van der Waals surface area contributed by atoms with Gasteiger partial charge in [-0.15, -0.1) is 0 Å². The molecule has 0 radical (unpaired) electrons. The van der Waals surface area contributed by atoms with Gasteiger partial charge in [0.1, 0.15) is 9.84 Å². The normalized spacial score (nSPS) is 14.8. The molecule has 0 fully saturated rings. The maximum absolute atomic E-state index is 10.8. The summed E-state index contributed by atoms with van der Waals surface area (Å²) >= 11 is 0. The fourth-order valence-corrected chi connectivity index (χ4v) is 1.77. The van der Waals surface area contributed by atoms with E-state index in [4.69, 9.17) is 0 Å². The molecule has 1 N–H and O–H groups in total. The monoisotopic (exact) mass is 207 g/mol. The van der Waals surface area contributed by atoms with Crippen molar-refractivity contribution < 1.29 is 8.42 Å². The van der Waals surface area contributed by atoms with E-state index in [1.807, 2.05) is 0 Å². The summed E-state index contributed by atoms with van der Waals surface area (Å²) < 4.78 is 21.7. The maximum atomic E-state index is 10.8. The van der Waals surface area contributed by atoms with Crippen LogP contribution in [0.3, 0.4) is 0 Å². The number of sulfone groups is 1.